The smallest absolute Gasteiger partial charge is 0.216 e. The molecular formula is C13H23N3O. The molecule has 0 radical (unpaired) electrons. The number of unbranched alkanes of at least 4 members (excludes halogenated alkanes) is 2. The Bertz CT molecular complexity index is 320. The van der Waals surface area contributed by atoms with Crippen molar-refractivity contribution in [2.45, 2.75) is 64.3 Å². The first kappa shape index (κ1) is 12.6. The molecule has 96 valence electrons. The number of hydrogen-bond donors (Lipinski definition) is 1. The van der Waals surface area contributed by atoms with Gasteiger partial charge in [0.1, 0.15) is 0 Å². The summed E-state index contributed by atoms with van der Waals surface area (Å²) in [5.41, 5.74) is 0. The molecule has 0 amide bonds. The second kappa shape index (κ2) is 6.74. The van der Waals surface area contributed by atoms with Crippen LogP contribution in [0.25, 0.3) is 0 Å². The topological polar surface area (TPSA) is 51.0 Å². The highest BCUT2D eigenvalue weighted by Gasteiger charge is 2.19. The van der Waals surface area contributed by atoms with E-state index in [1.165, 1.54) is 25.7 Å². The van der Waals surface area contributed by atoms with Gasteiger partial charge in [0, 0.05) is 18.9 Å². The third-order valence-electron chi connectivity index (χ3n) is 3.08. The fraction of sp³-hybridized carbons (Fsp3) is 0.846. The first-order valence-electron chi connectivity index (χ1n) is 6.93. The molecular weight excluding hydrogens is 214 g/mol. The molecule has 0 bridgehead atoms. The summed E-state index contributed by atoms with van der Waals surface area (Å²) >= 11 is 0. The molecule has 4 nitrogen and oxygen atoms in total. The monoisotopic (exact) mass is 237 g/mol. The van der Waals surface area contributed by atoms with E-state index in [9.17, 15) is 0 Å². The van der Waals surface area contributed by atoms with Crippen LogP contribution in [0.5, 0.6) is 0 Å². The van der Waals surface area contributed by atoms with E-state index >= 15 is 0 Å². The van der Waals surface area contributed by atoms with Crippen LogP contribution in [0.15, 0.2) is 4.42 Å². The maximum absolute atomic E-state index is 5.60. The zero-order valence-electron chi connectivity index (χ0n) is 10.7. The van der Waals surface area contributed by atoms with Crippen molar-refractivity contribution in [3.63, 3.8) is 0 Å². The zero-order valence-corrected chi connectivity index (χ0v) is 10.7. The van der Waals surface area contributed by atoms with Crippen molar-refractivity contribution >= 4 is 0 Å². The van der Waals surface area contributed by atoms with Gasteiger partial charge in [0.2, 0.25) is 11.8 Å². The van der Waals surface area contributed by atoms with Crippen molar-refractivity contribution in [2.24, 2.45) is 0 Å². The average molecular weight is 237 g/mol. The van der Waals surface area contributed by atoms with Gasteiger partial charge in [-0.3, -0.25) is 0 Å². The molecule has 4 heteroatoms. The fourth-order valence-electron chi connectivity index (χ4n) is 1.85. The van der Waals surface area contributed by atoms with Crippen molar-refractivity contribution in [2.75, 3.05) is 6.54 Å². The Balaban J connectivity index is 1.59. The third-order valence-corrected chi connectivity index (χ3v) is 3.08. The lowest BCUT2D eigenvalue weighted by Crippen LogP contribution is -2.17. The maximum atomic E-state index is 5.60. The molecule has 1 fully saturated rings. The Hall–Kier alpha value is -0.900. The summed E-state index contributed by atoms with van der Waals surface area (Å²) in [4.78, 5) is 0. The van der Waals surface area contributed by atoms with Crippen LogP contribution in [0.4, 0.5) is 0 Å². The van der Waals surface area contributed by atoms with Crippen LogP contribution in [0, 0.1) is 0 Å². The minimum Gasteiger partial charge on any atom is -0.425 e. The van der Waals surface area contributed by atoms with Crippen LogP contribution in [0.3, 0.4) is 0 Å². The van der Waals surface area contributed by atoms with Crippen LogP contribution in [-0.4, -0.2) is 22.8 Å². The molecule has 0 unspecified atom stereocenters. The lowest BCUT2D eigenvalue weighted by Gasteiger charge is -1.99. The molecule has 17 heavy (non-hydrogen) atoms. The molecule has 1 saturated carbocycles. The van der Waals surface area contributed by atoms with Gasteiger partial charge in [-0.05, 0) is 32.2 Å². The van der Waals surface area contributed by atoms with E-state index in [0.29, 0.717) is 0 Å². The summed E-state index contributed by atoms with van der Waals surface area (Å²) in [5, 5.41) is 11.6. The summed E-state index contributed by atoms with van der Waals surface area (Å²) in [5.74, 6) is 1.61. The van der Waals surface area contributed by atoms with E-state index in [-0.39, 0.29) is 0 Å². The molecule has 1 heterocycles. The number of aromatic nitrogens is 2. The highest BCUT2D eigenvalue weighted by Crippen LogP contribution is 2.18. The first-order valence-corrected chi connectivity index (χ1v) is 6.93. The predicted molar refractivity (Wildman–Crippen MR) is 66.9 cm³/mol. The number of aryl methyl sites for hydroxylation is 2. The minimum atomic E-state index is 0.794. The third kappa shape index (κ3) is 4.86. The number of hydrogen-bond acceptors (Lipinski definition) is 4. The van der Waals surface area contributed by atoms with Gasteiger partial charge < -0.3 is 9.73 Å². The van der Waals surface area contributed by atoms with Crippen LogP contribution in [0.2, 0.25) is 0 Å². The molecule has 0 aliphatic heterocycles. The summed E-state index contributed by atoms with van der Waals surface area (Å²) < 4.78 is 5.60. The quantitative estimate of drug-likeness (QED) is 0.670. The van der Waals surface area contributed by atoms with Crippen molar-refractivity contribution in [3.05, 3.63) is 11.8 Å². The van der Waals surface area contributed by atoms with Crippen LogP contribution in [0.1, 0.15) is 57.2 Å². The van der Waals surface area contributed by atoms with Gasteiger partial charge in [-0.1, -0.05) is 19.8 Å². The molecule has 0 spiro atoms. The van der Waals surface area contributed by atoms with Crippen molar-refractivity contribution in [1.82, 2.24) is 15.5 Å². The number of nitrogens with one attached hydrogen (secondary N) is 1. The summed E-state index contributed by atoms with van der Waals surface area (Å²) in [6.45, 7) is 3.27. The van der Waals surface area contributed by atoms with Gasteiger partial charge in [0.15, 0.2) is 0 Å². The lowest BCUT2D eigenvalue weighted by atomic mass is 10.2. The van der Waals surface area contributed by atoms with Crippen LogP contribution in [-0.2, 0) is 12.8 Å². The Kier molecular flexibility index (Phi) is 4.98. The molecule has 1 aromatic heterocycles. The zero-order chi connectivity index (χ0) is 11.9. The molecule has 0 aromatic carbocycles. The van der Waals surface area contributed by atoms with Gasteiger partial charge in [-0.15, -0.1) is 10.2 Å². The first-order chi connectivity index (χ1) is 8.38. The lowest BCUT2D eigenvalue weighted by molar-refractivity contribution is 0.435. The second-order valence-electron chi connectivity index (χ2n) is 4.88. The Labute approximate surface area is 103 Å². The highest BCUT2D eigenvalue weighted by molar-refractivity contribution is 4.84. The Morgan fingerprint density at radius 1 is 1.12 bits per heavy atom. The number of nitrogens with zero attached hydrogens (tertiary/aromatic N) is 2. The van der Waals surface area contributed by atoms with Crippen molar-refractivity contribution in [3.8, 4) is 0 Å². The Morgan fingerprint density at radius 3 is 2.47 bits per heavy atom. The van der Waals surface area contributed by atoms with E-state index in [1.54, 1.807) is 0 Å². The highest BCUT2D eigenvalue weighted by atomic mass is 16.4. The van der Waals surface area contributed by atoms with Gasteiger partial charge in [-0.25, -0.2) is 0 Å². The van der Waals surface area contributed by atoms with E-state index in [0.717, 1.165) is 50.1 Å². The van der Waals surface area contributed by atoms with Gasteiger partial charge in [0.25, 0.3) is 0 Å². The molecule has 1 aliphatic carbocycles. The SMILES string of the molecule is CCCCCc1nnc(CCCNC2CC2)o1. The Morgan fingerprint density at radius 2 is 1.82 bits per heavy atom. The molecule has 0 saturated heterocycles. The molecule has 1 aromatic rings. The van der Waals surface area contributed by atoms with Crippen LogP contribution >= 0.6 is 0 Å². The largest absolute Gasteiger partial charge is 0.425 e. The predicted octanol–water partition coefficient (Wildman–Crippen LogP) is 2.49. The van der Waals surface area contributed by atoms with E-state index in [1.807, 2.05) is 0 Å². The van der Waals surface area contributed by atoms with E-state index < -0.39 is 0 Å². The molecule has 0 atom stereocenters. The van der Waals surface area contributed by atoms with E-state index in [4.69, 9.17) is 4.42 Å². The maximum Gasteiger partial charge on any atom is 0.216 e. The van der Waals surface area contributed by atoms with Crippen molar-refractivity contribution in [1.29, 1.82) is 0 Å². The van der Waals surface area contributed by atoms with Crippen LogP contribution < -0.4 is 5.32 Å². The van der Waals surface area contributed by atoms with E-state index in [2.05, 4.69) is 22.4 Å². The standard InChI is InChI=1S/C13H23N3O/c1-2-3-4-6-12-15-16-13(17-12)7-5-10-14-11-8-9-11/h11,14H,2-10H2,1H3. The van der Waals surface area contributed by atoms with Gasteiger partial charge in [-0.2, -0.15) is 0 Å². The summed E-state index contributed by atoms with van der Waals surface area (Å²) in [7, 11) is 0. The average Bonchev–Trinajstić information content (AvgIpc) is 3.05. The van der Waals surface area contributed by atoms with Gasteiger partial charge in [0.05, 0.1) is 0 Å². The summed E-state index contributed by atoms with van der Waals surface area (Å²) in [6.07, 6.45) is 9.25. The van der Waals surface area contributed by atoms with Crippen molar-refractivity contribution < 1.29 is 4.42 Å². The summed E-state index contributed by atoms with van der Waals surface area (Å²) in [6, 6.07) is 0.794. The molecule has 2 rings (SSSR count). The fourth-order valence-corrected chi connectivity index (χ4v) is 1.85. The second-order valence-corrected chi connectivity index (χ2v) is 4.88. The van der Waals surface area contributed by atoms with Gasteiger partial charge >= 0.3 is 0 Å². The minimum absolute atomic E-state index is 0.794. The normalized spacial score (nSPS) is 15.4. The number of rotatable bonds is 9. The molecule has 1 aliphatic rings. The molecule has 1 N–H and O–H groups in total.